The van der Waals surface area contributed by atoms with Gasteiger partial charge in [-0.1, -0.05) is 0 Å². The Bertz CT molecular complexity index is 577. The molecular weight excluding hydrogens is 281 g/mol. The molecule has 1 N–H and O–H groups in total. The number of nitrogens with zero attached hydrogens (tertiary/aromatic N) is 2. The molecule has 1 aromatic heterocycles. The fourth-order valence-corrected chi connectivity index (χ4v) is 2.12. The maximum Gasteiger partial charge on any atom is 0.492 e. The first-order valence-electron chi connectivity index (χ1n) is 7.39. The van der Waals surface area contributed by atoms with Crippen LogP contribution in [0.4, 0.5) is 0 Å². The summed E-state index contributed by atoms with van der Waals surface area (Å²) < 4.78 is 14.1. The van der Waals surface area contributed by atoms with E-state index in [1.165, 1.54) is 6.92 Å². The fourth-order valence-electron chi connectivity index (χ4n) is 2.12. The minimum atomic E-state index is -0.494. The second-order valence-electron chi connectivity index (χ2n) is 6.65. The van der Waals surface area contributed by atoms with Gasteiger partial charge in [0.15, 0.2) is 0 Å². The lowest BCUT2D eigenvalue weighted by atomic mass is 9.77. The number of hydrogen-bond acceptors (Lipinski definition) is 4. The average molecular weight is 305 g/mol. The zero-order chi connectivity index (χ0) is 16.5. The third-order valence-corrected chi connectivity index (χ3v) is 4.28. The molecule has 1 saturated heterocycles. The van der Waals surface area contributed by atoms with Crippen LogP contribution in [-0.2, 0) is 21.2 Å². The largest absolute Gasteiger partial charge is 0.492 e. The molecule has 0 aliphatic carbocycles. The zero-order valence-corrected chi connectivity index (χ0v) is 14.1. The molecule has 0 radical (unpaired) electrons. The highest BCUT2D eigenvalue weighted by Gasteiger charge is 2.52. The summed E-state index contributed by atoms with van der Waals surface area (Å²) in [5, 5.41) is 2.81. The fraction of sp³-hybridized carbons (Fsp3) is 0.600. The molecule has 0 saturated carbocycles. The van der Waals surface area contributed by atoms with Gasteiger partial charge in [-0.25, -0.2) is 4.98 Å². The van der Waals surface area contributed by atoms with Crippen molar-refractivity contribution in [2.75, 3.05) is 6.54 Å². The van der Waals surface area contributed by atoms with Gasteiger partial charge < -0.3 is 19.2 Å². The number of amides is 1. The number of hydrogen-bond donors (Lipinski definition) is 1. The monoisotopic (exact) mass is 305 g/mol. The topological polar surface area (TPSA) is 65.4 Å². The van der Waals surface area contributed by atoms with Gasteiger partial charge in [0.2, 0.25) is 5.91 Å². The van der Waals surface area contributed by atoms with Crippen LogP contribution in [0.3, 0.4) is 0 Å². The number of aryl methyl sites for hydroxylation is 1. The number of imidazole rings is 1. The van der Waals surface area contributed by atoms with Crippen LogP contribution in [0, 0.1) is 0 Å². The quantitative estimate of drug-likeness (QED) is 0.858. The van der Waals surface area contributed by atoms with Crippen LogP contribution in [0.5, 0.6) is 0 Å². The molecule has 1 amide bonds. The third-order valence-electron chi connectivity index (χ3n) is 4.28. The van der Waals surface area contributed by atoms with Crippen molar-refractivity contribution in [3.8, 4) is 0 Å². The van der Waals surface area contributed by atoms with Crippen LogP contribution in [-0.4, -0.2) is 40.3 Å². The smallest absolute Gasteiger partial charge is 0.400 e. The summed E-state index contributed by atoms with van der Waals surface area (Å²) in [5.41, 5.74) is 0.950. The highest BCUT2D eigenvalue weighted by atomic mass is 16.7. The summed E-state index contributed by atoms with van der Waals surface area (Å²) in [4.78, 5) is 15.4. The van der Waals surface area contributed by atoms with Crippen LogP contribution in [0.25, 0.3) is 6.08 Å². The van der Waals surface area contributed by atoms with Crippen molar-refractivity contribution in [2.24, 2.45) is 7.05 Å². The van der Waals surface area contributed by atoms with Crippen molar-refractivity contribution in [3.05, 3.63) is 23.7 Å². The van der Waals surface area contributed by atoms with Gasteiger partial charge in [0.1, 0.15) is 0 Å². The lowest BCUT2D eigenvalue weighted by Crippen LogP contribution is -2.41. The van der Waals surface area contributed by atoms with Gasteiger partial charge in [0, 0.05) is 20.5 Å². The Hall–Kier alpha value is -1.60. The second kappa shape index (κ2) is 5.89. The van der Waals surface area contributed by atoms with E-state index in [2.05, 4.69) is 10.3 Å². The molecule has 0 aromatic carbocycles. The van der Waals surface area contributed by atoms with Crippen molar-refractivity contribution in [1.82, 2.24) is 14.9 Å². The van der Waals surface area contributed by atoms with Crippen LogP contribution >= 0.6 is 0 Å². The van der Waals surface area contributed by atoms with E-state index in [1.807, 2.05) is 45.4 Å². The van der Waals surface area contributed by atoms with E-state index in [-0.39, 0.29) is 5.91 Å². The molecule has 1 aliphatic heterocycles. The van der Waals surface area contributed by atoms with Gasteiger partial charge in [-0.15, -0.1) is 0 Å². The first-order valence-corrected chi connectivity index (χ1v) is 7.39. The maximum absolute atomic E-state index is 11.2. The first-order chi connectivity index (χ1) is 10.1. The highest BCUT2D eigenvalue weighted by molar-refractivity contribution is 6.56. The van der Waals surface area contributed by atoms with Gasteiger partial charge in [-0.05, 0) is 39.2 Å². The molecule has 0 atom stereocenters. The Morgan fingerprint density at radius 1 is 1.36 bits per heavy atom. The standard InChI is InChI=1S/C15H24BN3O3/c1-11(20)18-8-12(7-13-9-17-10-19(13)6)16-21-14(2,3)15(4,5)22-16/h7,9-10H,8H2,1-6H3,(H,18,20). The minimum Gasteiger partial charge on any atom is -0.400 e. The highest BCUT2D eigenvalue weighted by Crippen LogP contribution is 2.38. The molecule has 1 fully saturated rings. The molecule has 2 heterocycles. The van der Waals surface area contributed by atoms with E-state index < -0.39 is 18.3 Å². The summed E-state index contributed by atoms with van der Waals surface area (Å²) in [6.07, 6.45) is 5.44. The molecule has 0 spiro atoms. The molecule has 7 heteroatoms. The number of rotatable bonds is 4. The van der Waals surface area contributed by atoms with Crippen molar-refractivity contribution < 1.29 is 14.1 Å². The predicted octanol–water partition coefficient (Wildman–Crippen LogP) is 1.57. The van der Waals surface area contributed by atoms with Crippen LogP contribution in [0.1, 0.15) is 40.3 Å². The zero-order valence-electron chi connectivity index (χ0n) is 14.1. The number of nitrogens with one attached hydrogen (secondary N) is 1. The molecule has 1 aliphatic rings. The van der Waals surface area contributed by atoms with Crippen molar-refractivity contribution in [1.29, 1.82) is 0 Å². The Balaban J connectivity index is 2.28. The molecule has 1 aromatic rings. The van der Waals surface area contributed by atoms with E-state index in [4.69, 9.17) is 9.31 Å². The van der Waals surface area contributed by atoms with Gasteiger partial charge in [-0.2, -0.15) is 0 Å². The normalized spacial score (nSPS) is 20.3. The Morgan fingerprint density at radius 3 is 2.41 bits per heavy atom. The number of carbonyl (C=O) groups excluding carboxylic acids is 1. The number of aromatic nitrogens is 2. The van der Waals surface area contributed by atoms with Gasteiger partial charge in [0.05, 0.1) is 29.4 Å². The van der Waals surface area contributed by atoms with Gasteiger partial charge >= 0.3 is 7.12 Å². The lowest BCUT2D eigenvalue weighted by molar-refractivity contribution is -0.118. The molecule has 6 nitrogen and oxygen atoms in total. The lowest BCUT2D eigenvalue weighted by Gasteiger charge is -2.32. The summed E-state index contributed by atoms with van der Waals surface area (Å²) in [5.74, 6) is -0.0903. The van der Waals surface area contributed by atoms with E-state index in [9.17, 15) is 4.79 Å². The van der Waals surface area contributed by atoms with E-state index in [0.717, 1.165) is 11.2 Å². The average Bonchev–Trinajstić information content (AvgIpc) is 2.86. The van der Waals surface area contributed by atoms with Crippen molar-refractivity contribution in [3.63, 3.8) is 0 Å². The van der Waals surface area contributed by atoms with Crippen LogP contribution in [0.15, 0.2) is 18.0 Å². The van der Waals surface area contributed by atoms with E-state index >= 15 is 0 Å². The molecule has 120 valence electrons. The molecular formula is C15H24BN3O3. The molecule has 0 bridgehead atoms. The second-order valence-corrected chi connectivity index (χ2v) is 6.65. The summed E-state index contributed by atoms with van der Waals surface area (Å²) in [6.45, 7) is 9.89. The van der Waals surface area contributed by atoms with Gasteiger partial charge in [-0.3, -0.25) is 4.79 Å². The molecule has 0 unspecified atom stereocenters. The summed E-state index contributed by atoms with van der Waals surface area (Å²) >= 11 is 0. The maximum atomic E-state index is 11.2. The first kappa shape index (κ1) is 16.8. The van der Waals surface area contributed by atoms with Crippen LogP contribution in [0.2, 0.25) is 0 Å². The minimum absolute atomic E-state index is 0.0903. The van der Waals surface area contributed by atoms with Gasteiger partial charge in [0.25, 0.3) is 0 Å². The van der Waals surface area contributed by atoms with E-state index in [0.29, 0.717) is 6.54 Å². The van der Waals surface area contributed by atoms with E-state index in [1.54, 1.807) is 12.5 Å². The Morgan fingerprint density at radius 2 is 1.95 bits per heavy atom. The van der Waals surface area contributed by atoms with Crippen LogP contribution < -0.4 is 5.32 Å². The Kier molecular flexibility index (Phi) is 4.49. The Labute approximate surface area is 132 Å². The third kappa shape index (κ3) is 3.42. The molecule has 22 heavy (non-hydrogen) atoms. The molecule has 2 rings (SSSR count). The summed E-state index contributed by atoms with van der Waals surface area (Å²) in [7, 11) is 1.42. The van der Waals surface area contributed by atoms with Crippen molar-refractivity contribution >= 4 is 19.1 Å². The predicted molar refractivity (Wildman–Crippen MR) is 86.0 cm³/mol. The van der Waals surface area contributed by atoms with Crippen molar-refractivity contribution in [2.45, 2.75) is 45.8 Å². The SMILES string of the molecule is CC(=O)NCC(=Cc1cncn1C)B1OC(C)(C)C(C)(C)O1. The number of carbonyl (C=O) groups is 1. The summed E-state index contributed by atoms with van der Waals surface area (Å²) in [6, 6.07) is 0.